The van der Waals surface area contributed by atoms with Crippen molar-refractivity contribution in [1.82, 2.24) is 0 Å². The highest BCUT2D eigenvalue weighted by molar-refractivity contribution is 5.76. The monoisotopic (exact) mass is 428 g/mol. The van der Waals surface area contributed by atoms with Crippen molar-refractivity contribution in [3.8, 4) is 0 Å². The number of ether oxygens (including phenoxy) is 1. The first-order valence-electron chi connectivity index (χ1n) is 12.8. The predicted molar refractivity (Wildman–Crippen MR) is 127 cm³/mol. The highest BCUT2D eigenvalue weighted by atomic mass is 16.5. The molecule has 0 amide bonds. The maximum atomic E-state index is 12.2. The van der Waals surface area contributed by atoms with Crippen LogP contribution in [-0.2, 0) is 16.0 Å². The number of hydrogen-bond donors (Lipinski definition) is 1. The lowest BCUT2D eigenvalue weighted by atomic mass is 9.69. The minimum atomic E-state index is -0.789. The quantitative estimate of drug-likeness (QED) is 0.347. The minimum Gasteiger partial charge on any atom is -0.462 e. The van der Waals surface area contributed by atoms with E-state index in [1.54, 1.807) is 19.4 Å². The Bertz CT molecular complexity index is 662. The molecule has 2 fully saturated rings. The zero-order valence-corrected chi connectivity index (χ0v) is 20.1. The molecule has 0 atom stereocenters. The number of aryl methyl sites for hydroxylation is 1. The molecule has 31 heavy (non-hydrogen) atoms. The van der Waals surface area contributed by atoms with Crippen LogP contribution in [-0.4, -0.2) is 23.8 Å². The second-order valence-electron chi connectivity index (χ2n) is 10.8. The number of aliphatic hydroxyl groups excluding tert-OH is 1. The van der Waals surface area contributed by atoms with Gasteiger partial charge in [0.25, 0.3) is 0 Å². The zero-order chi connectivity index (χ0) is 22.3. The first kappa shape index (κ1) is 24.3. The lowest BCUT2D eigenvalue weighted by molar-refractivity contribution is -0.164. The van der Waals surface area contributed by atoms with Crippen molar-refractivity contribution in [2.75, 3.05) is 6.61 Å². The van der Waals surface area contributed by atoms with Crippen molar-refractivity contribution >= 4 is 5.97 Å². The Hall–Kier alpha value is -1.35. The molecule has 3 nitrogen and oxygen atoms in total. The van der Waals surface area contributed by atoms with E-state index in [0.29, 0.717) is 0 Å². The van der Waals surface area contributed by atoms with Gasteiger partial charge in [-0.15, -0.1) is 0 Å². The summed E-state index contributed by atoms with van der Waals surface area (Å²) in [6, 6.07) is 9.49. The minimum absolute atomic E-state index is 0.0433. The van der Waals surface area contributed by atoms with Gasteiger partial charge in [-0.3, -0.25) is 4.79 Å². The standard InChI is InChI=1S/C28H44O3/c1-4-5-6-7-21-8-10-22(11-9-21)23-12-14-24(15-13-23)25-16-18-26(19-17-25)31-27(30)28(2,3)20-29/h8-11,23-26,29H,4-7,12-20H2,1-3H3. The van der Waals surface area contributed by atoms with Gasteiger partial charge in [0.05, 0.1) is 12.0 Å². The van der Waals surface area contributed by atoms with Crippen LogP contribution in [0.3, 0.4) is 0 Å². The van der Waals surface area contributed by atoms with Crippen LogP contribution in [0.1, 0.15) is 108 Å². The third-order valence-electron chi connectivity index (χ3n) is 7.90. The van der Waals surface area contributed by atoms with Crippen LogP contribution in [0.4, 0.5) is 0 Å². The Morgan fingerprint density at radius 2 is 1.52 bits per heavy atom. The highest BCUT2D eigenvalue weighted by Gasteiger charge is 2.35. The molecule has 2 aliphatic carbocycles. The summed E-state index contributed by atoms with van der Waals surface area (Å²) in [5.74, 6) is 2.12. The number of aliphatic hydroxyl groups is 1. The topological polar surface area (TPSA) is 46.5 Å². The van der Waals surface area contributed by atoms with Crippen molar-refractivity contribution in [3.05, 3.63) is 35.4 Å². The fourth-order valence-corrected chi connectivity index (χ4v) is 5.51. The van der Waals surface area contributed by atoms with Crippen LogP contribution in [0, 0.1) is 17.3 Å². The van der Waals surface area contributed by atoms with E-state index in [9.17, 15) is 9.90 Å². The van der Waals surface area contributed by atoms with E-state index in [-0.39, 0.29) is 18.7 Å². The zero-order valence-electron chi connectivity index (χ0n) is 20.1. The average Bonchev–Trinajstić information content (AvgIpc) is 2.80. The Kier molecular flexibility index (Phi) is 9.01. The summed E-state index contributed by atoms with van der Waals surface area (Å²) in [7, 11) is 0. The predicted octanol–water partition coefficient (Wildman–Crippen LogP) is 6.81. The normalized spacial score (nSPS) is 27.1. The van der Waals surface area contributed by atoms with Gasteiger partial charge in [0.1, 0.15) is 6.10 Å². The molecular weight excluding hydrogens is 384 g/mol. The summed E-state index contributed by atoms with van der Waals surface area (Å²) in [4.78, 5) is 12.2. The van der Waals surface area contributed by atoms with Crippen LogP contribution in [0.25, 0.3) is 0 Å². The molecule has 0 aliphatic heterocycles. The highest BCUT2D eigenvalue weighted by Crippen LogP contribution is 2.43. The second-order valence-corrected chi connectivity index (χ2v) is 10.8. The van der Waals surface area contributed by atoms with Gasteiger partial charge in [0.2, 0.25) is 0 Å². The summed E-state index contributed by atoms with van der Waals surface area (Å²) in [5, 5.41) is 9.37. The number of unbranched alkanes of at least 4 members (excludes halogenated alkanes) is 2. The summed E-state index contributed by atoms with van der Waals surface area (Å²) < 4.78 is 5.70. The molecular formula is C28H44O3. The van der Waals surface area contributed by atoms with Crippen LogP contribution in [0.5, 0.6) is 0 Å². The molecule has 0 bridgehead atoms. The first-order valence-corrected chi connectivity index (χ1v) is 12.8. The fraction of sp³-hybridized carbons (Fsp3) is 0.750. The Balaban J connectivity index is 1.40. The summed E-state index contributed by atoms with van der Waals surface area (Å²) in [6.45, 7) is 5.60. The molecule has 2 aliphatic rings. The SMILES string of the molecule is CCCCCc1ccc(C2CCC(C3CCC(OC(=O)C(C)(C)CO)CC3)CC2)cc1. The van der Waals surface area contributed by atoms with Crippen molar-refractivity contribution in [1.29, 1.82) is 0 Å². The molecule has 3 heteroatoms. The van der Waals surface area contributed by atoms with Crippen molar-refractivity contribution in [2.45, 2.75) is 110 Å². The van der Waals surface area contributed by atoms with Crippen LogP contribution < -0.4 is 0 Å². The Morgan fingerprint density at radius 1 is 0.935 bits per heavy atom. The molecule has 1 N–H and O–H groups in total. The third-order valence-corrected chi connectivity index (χ3v) is 7.90. The van der Waals surface area contributed by atoms with Gasteiger partial charge < -0.3 is 9.84 Å². The van der Waals surface area contributed by atoms with E-state index < -0.39 is 5.41 Å². The molecule has 0 heterocycles. The Labute approximate surface area is 190 Å². The molecule has 0 spiro atoms. The summed E-state index contributed by atoms with van der Waals surface area (Å²) in [6.07, 6.45) is 14.8. The lowest BCUT2D eigenvalue weighted by Gasteiger charge is -2.38. The number of rotatable bonds is 9. The van der Waals surface area contributed by atoms with E-state index in [0.717, 1.165) is 30.6 Å². The number of benzene rings is 1. The molecule has 2 saturated carbocycles. The van der Waals surface area contributed by atoms with Crippen LogP contribution >= 0.6 is 0 Å². The van der Waals surface area contributed by atoms with Crippen LogP contribution in [0.2, 0.25) is 0 Å². The van der Waals surface area contributed by atoms with E-state index in [1.807, 2.05) is 0 Å². The van der Waals surface area contributed by atoms with E-state index in [2.05, 4.69) is 31.2 Å². The van der Waals surface area contributed by atoms with E-state index in [4.69, 9.17) is 4.74 Å². The van der Waals surface area contributed by atoms with Crippen molar-refractivity contribution < 1.29 is 14.6 Å². The fourth-order valence-electron chi connectivity index (χ4n) is 5.51. The molecule has 0 unspecified atom stereocenters. The molecule has 0 saturated heterocycles. The molecule has 1 aromatic rings. The summed E-state index contributed by atoms with van der Waals surface area (Å²) >= 11 is 0. The molecule has 0 radical (unpaired) electrons. The maximum Gasteiger partial charge on any atom is 0.314 e. The van der Waals surface area contributed by atoms with Crippen molar-refractivity contribution in [3.63, 3.8) is 0 Å². The van der Waals surface area contributed by atoms with Gasteiger partial charge in [0.15, 0.2) is 0 Å². The van der Waals surface area contributed by atoms with Gasteiger partial charge in [-0.1, -0.05) is 44.0 Å². The van der Waals surface area contributed by atoms with Gasteiger partial charge in [-0.2, -0.15) is 0 Å². The van der Waals surface area contributed by atoms with E-state index >= 15 is 0 Å². The maximum absolute atomic E-state index is 12.2. The first-order chi connectivity index (χ1) is 14.9. The van der Waals surface area contributed by atoms with Gasteiger partial charge in [-0.25, -0.2) is 0 Å². The van der Waals surface area contributed by atoms with Gasteiger partial charge >= 0.3 is 5.97 Å². The molecule has 174 valence electrons. The smallest absolute Gasteiger partial charge is 0.314 e. The largest absolute Gasteiger partial charge is 0.462 e. The number of esters is 1. The average molecular weight is 429 g/mol. The number of carbonyl (C=O) groups excluding carboxylic acids is 1. The van der Waals surface area contributed by atoms with Crippen LogP contribution in [0.15, 0.2) is 24.3 Å². The second kappa shape index (κ2) is 11.5. The lowest BCUT2D eigenvalue weighted by Crippen LogP contribution is -2.35. The van der Waals surface area contributed by atoms with E-state index in [1.165, 1.54) is 69.8 Å². The molecule has 1 aromatic carbocycles. The third kappa shape index (κ3) is 6.81. The molecule has 0 aromatic heterocycles. The summed E-state index contributed by atoms with van der Waals surface area (Å²) in [5.41, 5.74) is 2.24. The Morgan fingerprint density at radius 3 is 2.06 bits per heavy atom. The number of carbonyl (C=O) groups is 1. The van der Waals surface area contributed by atoms with Gasteiger partial charge in [0, 0.05) is 0 Å². The van der Waals surface area contributed by atoms with Crippen molar-refractivity contribution in [2.24, 2.45) is 17.3 Å². The molecule has 3 rings (SSSR count). The number of hydrogen-bond acceptors (Lipinski definition) is 3. The van der Waals surface area contributed by atoms with Gasteiger partial charge in [-0.05, 0) is 107 Å².